The number of nitrogens with zero attached hydrogens (tertiary/aromatic N) is 1. The molecule has 1 aromatic heterocycles. The number of aromatic nitrogens is 1. The zero-order chi connectivity index (χ0) is 27.0. The third kappa shape index (κ3) is 6.03. The van der Waals surface area contributed by atoms with Crippen LogP contribution in [0, 0.1) is 17.0 Å². The van der Waals surface area contributed by atoms with Crippen molar-refractivity contribution in [1.29, 1.82) is 0 Å². The van der Waals surface area contributed by atoms with Gasteiger partial charge in [-0.15, -0.1) is 0 Å². The van der Waals surface area contributed by atoms with E-state index in [1.807, 2.05) is 0 Å². The molecule has 1 fully saturated rings. The second kappa shape index (κ2) is 10.3. The minimum atomic E-state index is -2.88. The zero-order valence-electron chi connectivity index (χ0n) is 19.9. The molecule has 198 valence electrons. The maximum absolute atomic E-state index is 14.3. The first-order valence-electron chi connectivity index (χ1n) is 11.2. The predicted octanol–water partition coefficient (Wildman–Crippen LogP) is 4.47. The van der Waals surface area contributed by atoms with Gasteiger partial charge < -0.3 is 18.6 Å². The fourth-order valence-electron chi connectivity index (χ4n) is 3.76. The van der Waals surface area contributed by atoms with E-state index < -0.39 is 39.8 Å². The van der Waals surface area contributed by atoms with Crippen molar-refractivity contribution in [3.05, 3.63) is 76.2 Å². The van der Waals surface area contributed by atoms with Crippen molar-refractivity contribution in [2.24, 2.45) is 12.5 Å². The molecule has 4 rings (SSSR count). The summed E-state index contributed by atoms with van der Waals surface area (Å²) < 4.78 is 91.9. The molecule has 12 heteroatoms. The molecule has 3 aromatic rings. The summed E-state index contributed by atoms with van der Waals surface area (Å²) in [5.74, 6) is -4.75. The molecule has 0 amide bonds. The topological polar surface area (TPSA) is 92.6 Å². The van der Waals surface area contributed by atoms with Gasteiger partial charge in [0.2, 0.25) is 0 Å². The van der Waals surface area contributed by atoms with E-state index in [0.717, 1.165) is 18.2 Å². The first-order valence-corrected chi connectivity index (χ1v) is 12.3. The minimum Gasteiger partial charge on any atom is -0.760 e. The third-order valence-corrected chi connectivity index (χ3v) is 6.63. The number of ether oxygens (including phenoxy) is 2. The molecule has 1 aliphatic rings. The van der Waals surface area contributed by atoms with Gasteiger partial charge in [0.15, 0.2) is 11.6 Å². The molecule has 7 nitrogen and oxygen atoms in total. The second-order valence-electron chi connectivity index (χ2n) is 9.12. The fraction of sp³-hybridized carbons (Fsp3) is 0.320. The van der Waals surface area contributed by atoms with Crippen LogP contribution in [0.15, 0.2) is 53.5 Å². The molecule has 0 bridgehead atoms. The van der Waals surface area contributed by atoms with E-state index >= 15 is 0 Å². The predicted molar refractivity (Wildman–Crippen MR) is 127 cm³/mol. The molecule has 1 saturated carbocycles. The van der Waals surface area contributed by atoms with E-state index in [0.29, 0.717) is 22.8 Å². The smallest absolute Gasteiger partial charge is 0.257 e. The molecule has 1 heterocycles. The van der Waals surface area contributed by atoms with Crippen LogP contribution in [-0.4, -0.2) is 32.4 Å². The fourth-order valence-corrected chi connectivity index (χ4v) is 4.03. The quantitative estimate of drug-likeness (QED) is 0.303. The van der Waals surface area contributed by atoms with Gasteiger partial charge in [-0.1, -0.05) is 13.0 Å². The molecule has 1 N–H and O–H groups in total. The van der Waals surface area contributed by atoms with E-state index in [2.05, 4.69) is 4.72 Å². The molecule has 2 aromatic carbocycles. The maximum Gasteiger partial charge on any atom is 0.257 e. The Bertz CT molecular complexity index is 1410. The number of alkyl halides is 2. The van der Waals surface area contributed by atoms with E-state index in [1.54, 1.807) is 12.1 Å². The van der Waals surface area contributed by atoms with Crippen molar-refractivity contribution in [3.63, 3.8) is 0 Å². The second-order valence-corrected chi connectivity index (χ2v) is 9.88. The summed E-state index contributed by atoms with van der Waals surface area (Å²) in [5, 5.41) is 0. The highest BCUT2D eigenvalue weighted by Crippen LogP contribution is 2.60. The summed E-state index contributed by atoms with van der Waals surface area (Å²) in [5.41, 5.74) is -0.544. The Labute approximate surface area is 212 Å². The standard InChI is InChI=1S/C25H24F4N2O5S/c1-24(13-25(24,28)29)14-35-22-11-23(32)31(2)12-18(22)17-9-15(7-8-30-37(33)34)3-5-20(17)36-21-6-4-16(26)10-19(21)27/h3-6,9-12,30H,7-8,13-14H2,1-2H3,(H,33,34)/p-1. The van der Waals surface area contributed by atoms with E-state index in [-0.39, 0.29) is 43.2 Å². The van der Waals surface area contributed by atoms with Crippen molar-refractivity contribution >= 4 is 11.3 Å². The van der Waals surface area contributed by atoms with Gasteiger partial charge in [0.05, 0.1) is 12.0 Å². The monoisotopic (exact) mass is 539 g/mol. The highest BCUT2D eigenvalue weighted by atomic mass is 32.2. The average molecular weight is 540 g/mol. The molecular formula is C25H23F4N2O5S-. The average Bonchev–Trinajstić information content (AvgIpc) is 3.33. The van der Waals surface area contributed by atoms with Gasteiger partial charge in [-0.05, 0) is 36.2 Å². The molecule has 0 radical (unpaired) electrons. The number of halogens is 4. The van der Waals surface area contributed by atoms with Crippen LogP contribution in [0.2, 0.25) is 0 Å². The zero-order valence-corrected chi connectivity index (χ0v) is 20.7. The largest absolute Gasteiger partial charge is 0.760 e. The molecule has 0 saturated heterocycles. The van der Waals surface area contributed by atoms with Crippen molar-refractivity contribution < 1.29 is 35.8 Å². The molecule has 37 heavy (non-hydrogen) atoms. The lowest BCUT2D eigenvalue weighted by Gasteiger charge is -2.19. The summed E-state index contributed by atoms with van der Waals surface area (Å²) in [6.07, 6.45) is 1.36. The number of hydrogen-bond donors (Lipinski definition) is 1. The van der Waals surface area contributed by atoms with Crippen LogP contribution >= 0.6 is 0 Å². The Morgan fingerprint density at radius 1 is 1.08 bits per heavy atom. The van der Waals surface area contributed by atoms with Crippen LogP contribution in [0.25, 0.3) is 11.1 Å². The van der Waals surface area contributed by atoms with Crippen molar-refractivity contribution in [2.75, 3.05) is 13.2 Å². The van der Waals surface area contributed by atoms with Crippen molar-refractivity contribution in [3.8, 4) is 28.4 Å². The van der Waals surface area contributed by atoms with Crippen LogP contribution in [0.4, 0.5) is 17.6 Å². The Balaban J connectivity index is 1.76. The number of nitrogens with one attached hydrogen (secondary N) is 1. The number of hydrogen-bond acceptors (Lipinski definition) is 5. The van der Waals surface area contributed by atoms with E-state index in [4.69, 9.17) is 9.47 Å². The molecule has 0 spiro atoms. The van der Waals surface area contributed by atoms with Crippen molar-refractivity contribution in [2.45, 2.75) is 25.7 Å². The summed E-state index contributed by atoms with van der Waals surface area (Å²) >= 11 is -2.45. The molecule has 0 aliphatic heterocycles. The van der Waals surface area contributed by atoms with Gasteiger partial charge in [0, 0.05) is 60.7 Å². The van der Waals surface area contributed by atoms with Crippen molar-refractivity contribution in [1.82, 2.24) is 9.29 Å². The SMILES string of the molecule is Cn1cc(-c2cc(CCNS(=O)[O-])ccc2Oc2ccc(F)cc2F)c(OCC2(C)CC2(F)F)cc1=O. The van der Waals surface area contributed by atoms with Gasteiger partial charge in [-0.2, -0.15) is 0 Å². The number of pyridine rings is 1. The van der Waals surface area contributed by atoms with Gasteiger partial charge in [0.1, 0.15) is 17.3 Å². The third-order valence-electron chi connectivity index (χ3n) is 6.19. The number of rotatable bonds is 10. The Morgan fingerprint density at radius 3 is 2.43 bits per heavy atom. The number of benzene rings is 2. The highest BCUT2D eigenvalue weighted by molar-refractivity contribution is 7.77. The van der Waals surface area contributed by atoms with Crippen LogP contribution in [-0.2, 0) is 24.7 Å². The molecule has 2 unspecified atom stereocenters. The number of aryl methyl sites for hydroxylation is 1. The summed E-state index contributed by atoms with van der Waals surface area (Å²) in [6.45, 7) is 1.13. The first kappa shape index (κ1) is 26.8. The van der Waals surface area contributed by atoms with Gasteiger partial charge in [-0.25, -0.2) is 22.3 Å². The highest BCUT2D eigenvalue weighted by Gasteiger charge is 2.68. The Hall–Kier alpha value is -3.22. The van der Waals surface area contributed by atoms with Crippen LogP contribution in [0.5, 0.6) is 17.2 Å². The van der Waals surface area contributed by atoms with Gasteiger partial charge >= 0.3 is 0 Å². The van der Waals surface area contributed by atoms with Crippen LogP contribution in [0.3, 0.4) is 0 Å². The minimum absolute atomic E-state index is 0.0207. The van der Waals surface area contributed by atoms with Gasteiger partial charge in [0.25, 0.3) is 11.5 Å². The first-order chi connectivity index (χ1) is 17.4. The molecule has 2 atom stereocenters. The summed E-state index contributed by atoms with van der Waals surface area (Å²) in [7, 11) is 1.49. The van der Waals surface area contributed by atoms with E-state index in [9.17, 15) is 31.1 Å². The van der Waals surface area contributed by atoms with Crippen LogP contribution in [0.1, 0.15) is 18.9 Å². The summed E-state index contributed by atoms with van der Waals surface area (Å²) in [6, 6.07) is 8.73. The molecular weight excluding hydrogens is 516 g/mol. The molecule has 1 aliphatic carbocycles. The van der Waals surface area contributed by atoms with Crippen LogP contribution < -0.4 is 19.8 Å². The lowest BCUT2D eigenvalue weighted by Crippen LogP contribution is -2.20. The van der Waals surface area contributed by atoms with Gasteiger partial charge in [-0.3, -0.25) is 9.00 Å². The Kier molecular flexibility index (Phi) is 7.45. The lowest BCUT2D eigenvalue weighted by atomic mass is 10.0. The Morgan fingerprint density at radius 2 is 1.78 bits per heavy atom. The lowest BCUT2D eigenvalue weighted by molar-refractivity contribution is 0.0499. The maximum atomic E-state index is 14.3. The normalized spacial score (nSPS) is 18.9. The summed E-state index contributed by atoms with van der Waals surface area (Å²) in [4.78, 5) is 12.4. The van der Waals surface area contributed by atoms with E-state index in [1.165, 1.54) is 30.8 Å².